The van der Waals surface area contributed by atoms with E-state index >= 15 is 0 Å². The summed E-state index contributed by atoms with van der Waals surface area (Å²) in [4.78, 5) is 11.6. The zero-order chi connectivity index (χ0) is 12.7. The highest BCUT2D eigenvalue weighted by Crippen LogP contribution is 2.04. The Morgan fingerprint density at radius 1 is 1.24 bits per heavy atom. The van der Waals surface area contributed by atoms with Crippen molar-refractivity contribution in [2.75, 3.05) is 7.05 Å². The summed E-state index contributed by atoms with van der Waals surface area (Å²) in [5.74, 6) is 0.0630. The fourth-order valence-corrected chi connectivity index (χ4v) is 1.60. The first-order chi connectivity index (χ1) is 8.13. The first-order valence-electron chi connectivity index (χ1n) is 6.15. The molecule has 1 aromatic rings. The third kappa shape index (κ3) is 5.00. The Bertz CT molecular complexity index is 337. The van der Waals surface area contributed by atoms with Gasteiger partial charge in [-0.3, -0.25) is 4.79 Å². The van der Waals surface area contributed by atoms with Crippen molar-refractivity contribution < 1.29 is 4.79 Å². The molecule has 0 saturated heterocycles. The molecule has 0 fully saturated rings. The molecule has 2 N–H and O–H groups in total. The van der Waals surface area contributed by atoms with Gasteiger partial charge in [-0.1, -0.05) is 30.3 Å². The zero-order valence-corrected chi connectivity index (χ0v) is 10.9. The molecule has 2 unspecified atom stereocenters. The molecule has 17 heavy (non-hydrogen) atoms. The van der Waals surface area contributed by atoms with Gasteiger partial charge in [0, 0.05) is 6.04 Å². The van der Waals surface area contributed by atoms with Crippen LogP contribution in [0.1, 0.15) is 25.8 Å². The molecule has 3 nitrogen and oxygen atoms in total. The van der Waals surface area contributed by atoms with Crippen LogP contribution in [0, 0.1) is 0 Å². The largest absolute Gasteiger partial charge is 0.352 e. The lowest BCUT2D eigenvalue weighted by Gasteiger charge is -2.17. The summed E-state index contributed by atoms with van der Waals surface area (Å²) in [5.41, 5.74) is 1.32. The number of carbonyl (C=O) groups is 1. The first-order valence-corrected chi connectivity index (χ1v) is 6.15. The Labute approximate surface area is 104 Å². The Morgan fingerprint density at radius 2 is 1.88 bits per heavy atom. The van der Waals surface area contributed by atoms with Gasteiger partial charge < -0.3 is 10.6 Å². The van der Waals surface area contributed by atoms with E-state index in [0.717, 1.165) is 12.8 Å². The molecular formula is C14H22N2O. The van der Waals surface area contributed by atoms with E-state index in [-0.39, 0.29) is 18.0 Å². The van der Waals surface area contributed by atoms with Gasteiger partial charge in [-0.25, -0.2) is 0 Å². The summed E-state index contributed by atoms with van der Waals surface area (Å²) in [5, 5.41) is 5.93. The maximum Gasteiger partial charge on any atom is 0.237 e. The lowest BCUT2D eigenvalue weighted by Crippen LogP contribution is -2.44. The van der Waals surface area contributed by atoms with Crippen LogP contribution in [0.4, 0.5) is 0 Å². The lowest BCUT2D eigenvalue weighted by molar-refractivity contribution is -0.123. The molecule has 0 radical (unpaired) electrons. The number of hydrogen-bond donors (Lipinski definition) is 2. The molecule has 0 aromatic heterocycles. The molecule has 0 saturated carbocycles. The van der Waals surface area contributed by atoms with Gasteiger partial charge in [0.1, 0.15) is 0 Å². The van der Waals surface area contributed by atoms with E-state index in [1.165, 1.54) is 5.56 Å². The molecule has 0 bridgehead atoms. The van der Waals surface area contributed by atoms with Crippen LogP contribution in [0.3, 0.4) is 0 Å². The average Bonchev–Trinajstić information content (AvgIpc) is 2.36. The van der Waals surface area contributed by atoms with Crippen LogP contribution in [0.2, 0.25) is 0 Å². The first kappa shape index (κ1) is 13.7. The molecule has 1 aromatic carbocycles. The molecular weight excluding hydrogens is 212 g/mol. The van der Waals surface area contributed by atoms with Crippen LogP contribution in [0.15, 0.2) is 30.3 Å². The molecule has 0 heterocycles. The van der Waals surface area contributed by atoms with Gasteiger partial charge in [0.15, 0.2) is 0 Å². The highest BCUT2D eigenvalue weighted by Gasteiger charge is 2.12. The molecule has 1 rings (SSSR count). The van der Waals surface area contributed by atoms with Crippen molar-refractivity contribution in [3.05, 3.63) is 35.9 Å². The normalized spacial score (nSPS) is 14.1. The number of nitrogens with one attached hydrogen (secondary N) is 2. The highest BCUT2D eigenvalue weighted by molar-refractivity contribution is 5.81. The second-order valence-electron chi connectivity index (χ2n) is 4.44. The van der Waals surface area contributed by atoms with Crippen molar-refractivity contribution in [2.24, 2.45) is 0 Å². The van der Waals surface area contributed by atoms with Crippen molar-refractivity contribution >= 4 is 5.91 Å². The van der Waals surface area contributed by atoms with Crippen molar-refractivity contribution in [2.45, 2.75) is 38.8 Å². The fraction of sp³-hybridized carbons (Fsp3) is 0.500. The molecule has 0 aliphatic heterocycles. The summed E-state index contributed by atoms with van der Waals surface area (Å²) in [7, 11) is 1.79. The summed E-state index contributed by atoms with van der Waals surface area (Å²) >= 11 is 0. The second-order valence-corrected chi connectivity index (χ2v) is 4.44. The third-order valence-electron chi connectivity index (χ3n) is 2.92. The van der Waals surface area contributed by atoms with Crippen LogP contribution in [0.25, 0.3) is 0 Å². The quantitative estimate of drug-likeness (QED) is 0.787. The number of aryl methyl sites for hydroxylation is 1. The van der Waals surface area contributed by atoms with E-state index in [1.54, 1.807) is 7.05 Å². The predicted molar refractivity (Wildman–Crippen MR) is 70.9 cm³/mol. The molecule has 94 valence electrons. The van der Waals surface area contributed by atoms with E-state index < -0.39 is 0 Å². The van der Waals surface area contributed by atoms with Crippen LogP contribution in [-0.2, 0) is 11.2 Å². The third-order valence-corrected chi connectivity index (χ3v) is 2.92. The second kappa shape index (κ2) is 7.07. The van der Waals surface area contributed by atoms with Crippen molar-refractivity contribution in [1.29, 1.82) is 0 Å². The van der Waals surface area contributed by atoms with E-state index in [9.17, 15) is 4.79 Å². The van der Waals surface area contributed by atoms with Crippen LogP contribution in [-0.4, -0.2) is 25.0 Å². The van der Waals surface area contributed by atoms with E-state index in [1.807, 2.05) is 32.0 Å². The van der Waals surface area contributed by atoms with E-state index in [2.05, 4.69) is 22.8 Å². The van der Waals surface area contributed by atoms with Gasteiger partial charge in [0.2, 0.25) is 5.91 Å². The minimum Gasteiger partial charge on any atom is -0.352 e. The van der Waals surface area contributed by atoms with Crippen molar-refractivity contribution in [3.8, 4) is 0 Å². The van der Waals surface area contributed by atoms with Gasteiger partial charge in [-0.15, -0.1) is 0 Å². The van der Waals surface area contributed by atoms with Gasteiger partial charge in [0.25, 0.3) is 0 Å². The number of hydrogen-bond acceptors (Lipinski definition) is 2. The van der Waals surface area contributed by atoms with Crippen molar-refractivity contribution in [1.82, 2.24) is 10.6 Å². The maximum atomic E-state index is 11.6. The van der Waals surface area contributed by atoms with Crippen LogP contribution < -0.4 is 10.6 Å². The lowest BCUT2D eigenvalue weighted by atomic mass is 10.1. The Hall–Kier alpha value is -1.35. The molecule has 0 aliphatic carbocycles. The summed E-state index contributed by atoms with van der Waals surface area (Å²) in [6.45, 7) is 3.91. The number of amides is 1. The summed E-state index contributed by atoms with van der Waals surface area (Å²) < 4.78 is 0. The minimum atomic E-state index is -0.130. The number of rotatable bonds is 6. The molecule has 0 spiro atoms. The smallest absolute Gasteiger partial charge is 0.237 e. The van der Waals surface area contributed by atoms with Crippen LogP contribution >= 0.6 is 0 Å². The molecule has 1 amide bonds. The van der Waals surface area contributed by atoms with E-state index in [0.29, 0.717) is 0 Å². The predicted octanol–water partition coefficient (Wildman–Crippen LogP) is 1.73. The maximum absolute atomic E-state index is 11.6. The minimum absolute atomic E-state index is 0.0630. The summed E-state index contributed by atoms with van der Waals surface area (Å²) in [6, 6.07) is 10.4. The summed E-state index contributed by atoms with van der Waals surface area (Å²) in [6.07, 6.45) is 1.96. The van der Waals surface area contributed by atoms with Crippen LogP contribution in [0.5, 0.6) is 0 Å². The standard InChI is InChI=1S/C14H22N2O/c1-11(16-14(17)12(2)15-3)9-10-13-7-5-4-6-8-13/h4-8,11-12,15H,9-10H2,1-3H3,(H,16,17). The molecule has 2 atom stereocenters. The zero-order valence-electron chi connectivity index (χ0n) is 10.9. The van der Waals surface area contributed by atoms with Gasteiger partial charge in [0.05, 0.1) is 6.04 Å². The Morgan fingerprint density at radius 3 is 2.47 bits per heavy atom. The fourth-order valence-electron chi connectivity index (χ4n) is 1.60. The Balaban J connectivity index is 2.30. The SMILES string of the molecule is CNC(C)C(=O)NC(C)CCc1ccccc1. The van der Waals surface area contributed by atoms with E-state index in [4.69, 9.17) is 0 Å². The Kier molecular flexibility index (Phi) is 5.70. The average molecular weight is 234 g/mol. The molecule has 3 heteroatoms. The number of likely N-dealkylation sites (N-methyl/N-ethyl adjacent to an activating group) is 1. The van der Waals surface area contributed by atoms with Crippen molar-refractivity contribution in [3.63, 3.8) is 0 Å². The number of carbonyl (C=O) groups excluding carboxylic acids is 1. The van der Waals surface area contributed by atoms with Gasteiger partial charge in [-0.2, -0.15) is 0 Å². The van der Waals surface area contributed by atoms with Gasteiger partial charge in [-0.05, 0) is 39.3 Å². The topological polar surface area (TPSA) is 41.1 Å². The number of benzene rings is 1. The highest BCUT2D eigenvalue weighted by atomic mass is 16.2. The monoisotopic (exact) mass is 234 g/mol. The molecule has 0 aliphatic rings. The van der Waals surface area contributed by atoms with Gasteiger partial charge >= 0.3 is 0 Å².